The summed E-state index contributed by atoms with van der Waals surface area (Å²) in [5.41, 5.74) is 14.7. The fourth-order valence-corrected chi connectivity index (χ4v) is 3.04. The highest BCUT2D eigenvalue weighted by Gasteiger charge is 2.15. The Bertz CT molecular complexity index is 1390. The molecule has 2 aromatic heterocycles. The van der Waals surface area contributed by atoms with Gasteiger partial charge >= 0.3 is 11.9 Å². The van der Waals surface area contributed by atoms with Gasteiger partial charge in [0.15, 0.2) is 23.0 Å². The number of nitrogens with zero attached hydrogens (tertiary/aromatic N) is 4. The quantitative estimate of drug-likeness (QED) is 0.239. The van der Waals surface area contributed by atoms with Crippen molar-refractivity contribution in [3.63, 3.8) is 0 Å². The molecule has 0 unspecified atom stereocenters. The zero-order valence-corrected chi connectivity index (χ0v) is 19.7. The highest BCUT2D eigenvalue weighted by atomic mass is 16.5. The monoisotopic (exact) mass is 504 g/mol. The van der Waals surface area contributed by atoms with Crippen LogP contribution in [0.5, 0.6) is 0 Å². The standard InChI is InChI=1S/C13H13N3O3.C12H11N3O3/c1-19-13(18)11-12(14)15-6-10(16-11)9-4-2-8(7-17)3-5-9;13-11-10(12(17)18)15-9(5-14-11)8-3-1-7(6-16)2-4-8/h2-6,17H,7H2,1H3,(H2,14,15);1-5,16H,6H2,(H2,13,14)(H,17,18). The molecule has 0 saturated carbocycles. The van der Waals surface area contributed by atoms with E-state index in [-0.39, 0.29) is 36.2 Å². The van der Waals surface area contributed by atoms with Gasteiger partial charge in [-0.15, -0.1) is 0 Å². The van der Waals surface area contributed by atoms with Gasteiger partial charge in [-0.1, -0.05) is 48.5 Å². The summed E-state index contributed by atoms with van der Waals surface area (Å²) >= 11 is 0. The highest BCUT2D eigenvalue weighted by molar-refractivity contribution is 5.92. The van der Waals surface area contributed by atoms with Crippen LogP contribution in [0.15, 0.2) is 60.9 Å². The second-order valence-corrected chi connectivity index (χ2v) is 7.48. The number of carbonyl (C=O) groups excluding carboxylic acids is 1. The normalized spacial score (nSPS) is 10.2. The maximum atomic E-state index is 11.5. The van der Waals surface area contributed by atoms with Crippen LogP contribution in [0.1, 0.15) is 32.1 Å². The number of rotatable bonds is 6. The van der Waals surface area contributed by atoms with Crippen LogP contribution in [0.3, 0.4) is 0 Å². The lowest BCUT2D eigenvalue weighted by atomic mass is 10.1. The van der Waals surface area contributed by atoms with Crippen molar-refractivity contribution in [3.05, 3.63) is 83.4 Å². The molecule has 4 aromatic rings. The number of benzene rings is 2. The van der Waals surface area contributed by atoms with E-state index in [4.69, 9.17) is 26.8 Å². The number of aromatic nitrogens is 4. The summed E-state index contributed by atoms with van der Waals surface area (Å²) in [6, 6.07) is 14.0. The van der Waals surface area contributed by atoms with E-state index in [0.717, 1.165) is 16.7 Å². The minimum atomic E-state index is -1.21. The summed E-state index contributed by atoms with van der Waals surface area (Å²) in [6.45, 7) is -0.0742. The van der Waals surface area contributed by atoms with Gasteiger partial charge in [-0.3, -0.25) is 0 Å². The number of carbonyl (C=O) groups is 2. The van der Waals surface area contributed by atoms with Gasteiger partial charge in [0.2, 0.25) is 0 Å². The number of carboxylic acid groups (broad SMARTS) is 1. The molecule has 0 amide bonds. The molecule has 0 bridgehead atoms. The topological polar surface area (TPSA) is 208 Å². The van der Waals surface area contributed by atoms with Gasteiger partial charge in [0.05, 0.1) is 44.1 Å². The molecule has 12 nitrogen and oxygen atoms in total. The van der Waals surface area contributed by atoms with E-state index < -0.39 is 11.9 Å². The van der Waals surface area contributed by atoms with Crippen molar-refractivity contribution in [2.45, 2.75) is 13.2 Å². The largest absolute Gasteiger partial charge is 0.476 e. The molecule has 2 aromatic carbocycles. The molecule has 0 fully saturated rings. The molecule has 0 saturated heterocycles. The molecule has 4 rings (SSSR count). The molecule has 12 heteroatoms. The molecule has 190 valence electrons. The van der Waals surface area contributed by atoms with Crippen LogP contribution in [-0.4, -0.2) is 54.3 Å². The Morgan fingerprint density at radius 1 is 0.757 bits per heavy atom. The summed E-state index contributed by atoms with van der Waals surface area (Å²) in [7, 11) is 1.26. The second-order valence-electron chi connectivity index (χ2n) is 7.48. The number of nitrogen functional groups attached to an aromatic ring is 2. The number of hydrogen-bond donors (Lipinski definition) is 5. The third kappa shape index (κ3) is 6.60. The molecule has 2 heterocycles. The summed E-state index contributed by atoms with van der Waals surface area (Å²) in [6.07, 6.45) is 2.89. The van der Waals surface area contributed by atoms with Gasteiger partial charge in [0.25, 0.3) is 0 Å². The van der Waals surface area contributed by atoms with Crippen LogP contribution < -0.4 is 11.5 Å². The number of aliphatic hydroxyl groups excluding tert-OH is 2. The summed E-state index contributed by atoms with van der Waals surface area (Å²) in [4.78, 5) is 38.2. The van der Waals surface area contributed by atoms with Gasteiger partial charge in [-0.05, 0) is 11.1 Å². The van der Waals surface area contributed by atoms with Crippen molar-refractivity contribution in [1.82, 2.24) is 19.9 Å². The number of aliphatic hydroxyl groups is 2. The Kier molecular flexibility index (Phi) is 8.76. The summed E-state index contributed by atoms with van der Waals surface area (Å²) in [5.74, 6) is -1.92. The molecule has 0 aliphatic carbocycles. The van der Waals surface area contributed by atoms with Crippen LogP contribution in [-0.2, 0) is 18.0 Å². The number of anilines is 2. The Labute approximate surface area is 211 Å². The van der Waals surface area contributed by atoms with Crippen LogP contribution in [0.2, 0.25) is 0 Å². The molecular weight excluding hydrogens is 480 g/mol. The van der Waals surface area contributed by atoms with Gasteiger partial charge in [-0.25, -0.2) is 29.5 Å². The zero-order chi connectivity index (χ0) is 26.9. The highest BCUT2D eigenvalue weighted by Crippen LogP contribution is 2.20. The van der Waals surface area contributed by atoms with E-state index in [0.29, 0.717) is 17.0 Å². The number of carboxylic acids is 1. The van der Waals surface area contributed by atoms with E-state index in [1.807, 2.05) is 0 Å². The van der Waals surface area contributed by atoms with Crippen molar-refractivity contribution in [3.8, 4) is 22.5 Å². The number of ether oxygens (including phenoxy) is 1. The van der Waals surface area contributed by atoms with E-state index in [1.54, 1.807) is 48.5 Å². The molecule has 37 heavy (non-hydrogen) atoms. The fourth-order valence-electron chi connectivity index (χ4n) is 3.04. The van der Waals surface area contributed by atoms with Gasteiger partial charge in [0.1, 0.15) is 0 Å². The lowest BCUT2D eigenvalue weighted by Gasteiger charge is -2.06. The van der Waals surface area contributed by atoms with Crippen LogP contribution in [0.4, 0.5) is 11.6 Å². The Balaban J connectivity index is 0.000000206. The zero-order valence-electron chi connectivity index (χ0n) is 19.7. The smallest absolute Gasteiger partial charge is 0.360 e. The predicted molar refractivity (Wildman–Crippen MR) is 134 cm³/mol. The minimum absolute atomic E-state index is 0.00812. The molecule has 0 aliphatic rings. The lowest BCUT2D eigenvalue weighted by molar-refractivity contribution is 0.0594. The van der Waals surface area contributed by atoms with Crippen LogP contribution in [0.25, 0.3) is 22.5 Å². The first-order valence-electron chi connectivity index (χ1n) is 10.7. The van der Waals surface area contributed by atoms with Crippen molar-refractivity contribution in [2.24, 2.45) is 0 Å². The predicted octanol–water partition coefficient (Wildman–Crippen LogP) is 1.92. The second kappa shape index (κ2) is 12.2. The number of esters is 1. The third-order valence-corrected chi connectivity index (χ3v) is 5.05. The number of hydrogen-bond acceptors (Lipinski definition) is 11. The first-order valence-corrected chi connectivity index (χ1v) is 10.7. The molecule has 7 N–H and O–H groups in total. The van der Waals surface area contributed by atoms with Gasteiger partial charge in [-0.2, -0.15) is 0 Å². The van der Waals surface area contributed by atoms with E-state index >= 15 is 0 Å². The average molecular weight is 505 g/mol. The summed E-state index contributed by atoms with van der Waals surface area (Å²) < 4.78 is 4.59. The van der Waals surface area contributed by atoms with E-state index in [1.165, 1.54) is 19.5 Å². The Hall–Kier alpha value is -4.94. The van der Waals surface area contributed by atoms with Gasteiger partial charge < -0.3 is 31.5 Å². The fraction of sp³-hybridized carbons (Fsp3) is 0.120. The molecule has 0 radical (unpaired) electrons. The summed E-state index contributed by atoms with van der Waals surface area (Å²) in [5, 5.41) is 26.8. The number of aromatic carboxylic acids is 1. The van der Waals surface area contributed by atoms with Crippen molar-refractivity contribution in [1.29, 1.82) is 0 Å². The van der Waals surface area contributed by atoms with E-state index in [9.17, 15) is 9.59 Å². The van der Waals surface area contributed by atoms with Crippen molar-refractivity contribution >= 4 is 23.6 Å². The first-order chi connectivity index (χ1) is 17.8. The Morgan fingerprint density at radius 3 is 1.54 bits per heavy atom. The van der Waals surface area contributed by atoms with E-state index in [2.05, 4.69) is 24.7 Å². The van der Waals surface area contributed by atoms with Crippen LogP contribution >= 0.6 is 0 Å². The number of nitrogens with two attached hydrogens (primary N) is 2. The third-order valence-electron chi connectivity index (χ3n) is 5.05. The SMILES string of the molecule is COC(=O)c1nc(-c2ccc(CO)cc2)cnc1N.Nc1ncc(-c2ccc(CO)cc2)nc1C(=O)O. The molecule has 0 atom stereocenters. The first kappa shape index (κ1) is 26.7. The maximum absolute atomic E-state index is 11.5. The minimum Gasteiger partial charge on any atom is -0.476 e. The lowest BCUT2D eigenvalue weighted by Crippen LogP contribution is -2.10. The van der Waals surface area contributed by atoms with Gasteiger partial charge in [0, 0.05) is 11.1 Å². The number of methoxy groups -OCH3 is 1. The van der Waals surface area contributed by atoms with Crippen LogP contribution in [0, 0.1) is 0 Å². The Morgan fingerprint density at radius 2 is 1.16 bits per heavy atom. The maximum Gasteiger partial charge on any atom is 0.360 e. The molecule has 0 spiro atoms. The average Bonchev–Trinajstić information content (AvgIpc) is 2.93. The van der Waals surface area contributed by atoms with Crippen molar-refractivity contribution < 1.29 is 29.6 Å². The van der Waals surface area contributed by atoms with Crippen molar-refractivity contribution in [2.75, 3.05) is 18.6 Å². The molecule has 0 aliphatic heterocycles. The molecular formula is C25H24N6O6.